The Morgan fingerprint density at radius 2 is 2.33 bits per heavy atom. The van der Waals surface area contributed by atoms with Crippen LogP contribution in [0.5, 0.6) is 0 Å². The normalized spacial score (nSPS) is 23.2. The van der Waals surface area contributed by atoms with Crippen LogP contribution >= 0.6 is 0 Å². The number of rotatable bonds is 3. The molecule has 0 N–H and O–H groups in total. The van der Waals surface area contributed by atoms with Crippen molar-refractivity contribution in [1.29, 1.82) is 0 Å². The molecule has 0 radical (unpaired) electrons. The predicted octanol–water partition coefficient (Wildman–Crippen LogP) is 1.92. The van der Waals surface area contributed by atoms with Gasteiger partial charge < -0.3 is 4.90 Å². The number of likely N-dealkylation sites (tertiary alicyclic amines) is 1. The van der Waals surface area contributed by atoms with E-state index >= 15 is 0 Å². The minimum atomic E-state index is 0.873. The van der Waals surface area contributed by atoms with Crippen LogP contribution in [0, 0.1) is 12.8 Å². The lowest BCUT2D eigenvalue weighted by Gasteiger charge is -2.30. The lowest BCUT2D eigenvalue weighted by molar-refractivity contribution is 0.176. The van der Waals surface area contributed by atoms with Gasteiger partial charge in [-0.15, -0.1) is 0 Å². The molecule has 0 saturated carbocycles. The van der Waals surface area contributed by atoms with Gasteiger partial charge in [0.15, 0.2) is 0 Å². The monoisotopic (exact) mass is 207 g/mol. The van der Waals surface area contributed by atoms with Crippen molar-refractivity contribution in [3.63, 3.8) is 0 Å². The number of aryl methyl sites for hydroxylation is 1. The molecule has 1 atom stereocenters. The fourth-order valence-corrected chi connectivity index (χ4v) is 2.32. The third-order valence-electron chi connectivity index (χ3n) is 3.15. The maximum Gasteiger partial charge on any atom is 0.0536 e. The summed E-state index contributed by atoms with van der Waals surface area (Å²) < 4.78 is 2.05. The first-order valence-electron chi connectivity index (χ1n) is 5.95. The average Bonchev–Trinajstić information content (AvgIpc) is 2.62. The van der Waals surface area contributed by atoms with Crippen LogP contribution < -0.4 is 0 Å². The number of piperidine rings is 1. The van der Waals surface area contributed by atoms with Crippen LogP contribution in [0.4, 0.5) is 0 Å². The van der Waals surface area contributed by atoms with E-state index in [1.807, 2.05) is 6.20 Å². The standard InChI is InChI=1S/C12H21N3/c1-11-4-3-5-14(9-11)6-7-15-10-12(2)8-13-15/h8,10-11H,3-7,9H2,1-2H3/t11-/m1/s1. The summed E-state index contributed by atoms with van der Waals surface area (Å²) in [5.41, 5.74) is 1.25. The second-order valence-electron chi connectivity index (χ2n) is 4.83. The quantitative estimate of drug-likeness (QED) is 0.755. The van der Waals surface area contributed by atoms with Crippen LogP contribution in [0.1, 0.15) is 25.3 Å². The Morgan fingerprint density at radius 1 is 1.47 bits per heavy atom. The molecule has 0 spiro atoms. The highest BCUT2D eigenvalue weighted by atomic mass is 15.3. The molecule has 1 aliphatic heterocycles. The summed E-state index contributed by atoms with van der Waals surface area (Å²) in [4.78, 5) is 2.56. The Kier molecular flexibility index (Phi) is 3.41. The molecule has 3 heteroatoms. The van der Waals surface area contributed by atoms with E-state index in [0.29, 0.717) is 0 Å². The molecule has 0 aliphatic carbocycles. The summed E-state index contributed by atoms with van der Waals surface area (Å²) in [5, 5.41) is 4.31. The minimum Gasteiger partial charge on any atom is -0.301 e. The van der Waals surface area contributed by atoms with Gasteiger partial charge in [-0.2, -0.15) is 5.10 Å². The molecule has 3 nitrogen and oxygen atoms in total. The first-order valence-corrected chi connectivity index (χ1v) is 5.95. The van der Waals surface area contributed by atoms with Crippen molar-refractivity contribution in [2.24, 2.45) is 5.92 Å². The Labute approximate surface area is 92.1 Å². The molecule has 15 heavy (non-hydrogen) atoms. The average molecular weight is 207 g/mol. The van der Waals surface area contributed by atoms with E-state index in [1.54, 1.807) is 0 Å². The van der Waals surface area contributed by atoms with Gasteiger partial charge in [0, 0.05) is 19.3 Å². The highest BCUT2D eigenvalue weighted by Gasteiger charge is 2.15. The van der Waals surface area contributed by atoms with Crippen LogP contribution in [-0.4, -0.2) is 34.3 Å². The molecule has 0 bridgehead atoms. The van der Waals surface area contributed by atoms with Crippen molar-refractivity contribution >= 4 is 0 Å². The van der Waals surface area contributed by atoms with E-state index in [2.05, 4.69) is 34.7 Å². The minimum absolute atomic E-state index is 0.873. The molecule has 0 amide bonds. The fraction of sp³-hybridized carbons (Fsp3) is 0.750. The molecular weight excluding hydrogens is 186 g/mol. The molecule has 0 aromatic carbocycles. The van der Waals surface area contributed by atoms with Crippen LogP contribution in [-0.2, 0) is 6.54 Å². The van der Waals surface area contributed by atoms with E-state index in [0.717, 1.165) is 19.0 Å². The molecule has 1 aromatic rings. The number of hydrogen-bond donors (Lipinski definition) is 0. The van der Waals surface area contributed by atoms with E-state index < -0.39 is 0 Å². The van der Waals surface area contributed by atoms with Crippen molar-refractivity contribution in [2.45, 2.75) is 33.2 Å². The summed E-state index contributed by atoms with van der Waals surface area (Å²) in [7, 11) is 0. The zero-order valence-electron chi connectivity index (χ0n) is 9.82. The van der Waals surface area contributed by atoms with E-state index in [1.165, 1.54) is 31.5 Å². The lowest BCUT2D eigenvalue weighted by atomic mass is 10.0. The van der Waals surface area contributed by atoms with Gasteiger partial charge in [0.25, 0.3) is 0 Å². The van der Waals surface area contributed by atoms with E-state index in [9.17, 15) is 0 Å². The Morgan fingerprint density at radius 3 is 3.00 bits per heavy atom. The van der Waals surface area contributed by atoms with Gasteiger partial charge in [0.1, 0.15) is 0 Å². The van der Waals surface area contributed by atoms with Crippen LogP contribution in [0.3, 0.4) is 0 Å². The van der Waals surface area contributed by atoms with Crippen LogP contribution in [0.15, 0.2) is 12.4 Å². The maximum absolute atomic E-state index is 4.31. The Hall–Kier alpha value is -0.830. The smallest absolute Gasteiger partial charge is 0.0536 e. The number of hydrogen-bond acceptors (Lipinski definition) is 2. The van der Waals surface area contributed by atoms with Gasteiger partial charge in [0.2, 0.25) is 0 Å². The summed E-state index contributed by atoms with van der Waals surface area (Å²) in [5.74, 6) is 0.873. The first kappa shape index (κ1) is 10.7. The molecule has 1 aliphatic rings. The summed E-state index contributed by atoms with van der Waals surface area (Å²) in [6.07, 6.45) is 6.81. The maximum atomic E-state index is 4.31. The molecular formula is C12H21N3. The topological polar surface area (TPSA) is 21.1 Å². The predicted molar refractivity (Wildman–Crippen MR) is 61.8 cm³/mol. The SMILES string of the molecule is Cc1cnn(CCN2CCC[C@@H](C)C2)c1. The van der Waals surface area contributed by atoms with Gasteiger partial charge in [-0.25, -0.2) is 0 Å². The molecule has 1 fully saturated rings. The fourth-order valence-electron chi connectivity index (χ4n) is 2.32. The van der Waals surface area contributed by atoms with Crippen molar-refractivity contribution in [2.75, 3.05) is 19.6 Å². The molecule has 2 rings (SSSR count). The van der Waals surface area contributed by atoms with Gasteiger partial charge in [-0.1, -0.05) is 6.92 Å². The van der Waals surface area contributed by atoms with Crippen molar-refractivity contribution in [1.82, 2.24) is 14.7 Å². The van der Waals surface area contributed by atoms with Gasteiger partial charge in [0.05, 0.1) is 12.7 Å². The Balaban J connectivity index is 1.77. The third kappa shape index (κ3) is 3.06. The van der Waals surface area contributed by atoms with Gasteiger partial charge in [-0.05, 0) is 37.8 Å². The molecule has 0 unspecified atom stereocenters. The zero-order valence-corrected chi connectivity index (χ0v) is 9.82. The summed E-state index contributed by atoms with van der Waals surface area (Å²) >= 11 is 0. The summed E-state index contributed by atoms with van der Waals surface area (Å²) in [6.45, 7) is 9.15. The first-order chi connectivity index (χ1) is 7.24. The third-order valence-corrected chi connectivity index (χ3v) is 3.15. The van der Waals surface area contributed by atoms with E-state index in [-0.39, 0.29) is 0 Å². The Bertz CT molecular complexity index is 306. The molecule has 84 valence electrons. The highest BCUT2D eigenvalue weighted by molar-refractivity contribution is 4.99. The second kappa shape index (κ2) is 4.79. The van der Waals surface area contributed by atoms with Crippen molar-refractivity contribution in [3.8, 4) is 0 Å². The largest absolute Gasteiger partial charge is 0.301 e. The van der Waals surface area contributed by atoms with Crippen LogP contribution in [0.2, 0.25) is 0 Å². The molecule has 1 saturated heterocycles. The number of nitrogens with zero attached hydrogens (tertiary/aromatic N) is 3. The number of aromatic nitrogens is 2. The van der Waals surface area contributed by atoms with Crippen molar-refractivity contribution in [3.05, 3.63) is 18.0 Å². The lowest BCUT2D eigenvalue weighted by Crippen LogP contribution is -2.36. The molecule has 1 aromatic heterocycles. The highest BCUT2D eigenvalue weighted by Crippen LogP contribution is 2.14. The van der Waals surface area contributed by atoms with Gasteiger partial charge in [-0.3, -0.25) is 4.68 Å². The van der Waals surface area contributed by atoms with Crippen molar-refractivity contribution < 1.29 is 0 Å². The van der Waals surface area contributed by atoms with Crippen LogP contribution in [0.25, 0.3) is 0 Å². The molecule has 2 heterocycles. The zero-order chi connectivity index (χ0) is 10.7. The summed E-state index contributed by atoms with van der Waals surface area (Å²) in [6, 6.07) is 0. The van der Waals surface area contributed by atoms with Gasteiger partial charge >= 0.3 is 0 Å². The second-order valence-corrected chi connectivity index (χ2v) is 4.83. The van der Waals surface area contributed by atoms with E-state index in [4.69, 9.17) is 0 Å².